The van der Waals surface area contributed by atoms with Gasteiger partial charge < -0.3 is 4.74 Å². The van der Waals surface area contributed by atoms with Gasteiger partial charge in [0.1, 0.15) is 5.82 Å². The lowest BCUT2D eigenvalue weighted by atomic mass is 9.87. The van der Waals surface area contributed by atoms with Gasteiger partial charge in [0.15, 0.2) is 5.65 Å². The van der Waals surface area contributed by atoms with Crippen LogP contribution in [0.2, 0.25) is 0 Å². The molecule has 0 saturated heterocycles. The number of hydrogen-bond acceptors (Lipinski definition) is 3. The molecule has 2 aliphatic rings. The molecular formula is C21H30ClN3O. The van der Waals surface area contributed by atoms with E-state index in [1.54, 1.807) is 0 Å². The van der Waals surface area contributed by atoms with Gasteiger partial charge in [0.05, 0.1) is 18.1 Å². The van der Waals surface area contributed by atoms with Crippen LogP contribution >= 0.6 is 11.6 Å². The van der Waals surface area contributed by atoms with Gasteiger partial charge in [-0.15, -0.1) is 21.8 Å². The lowest BCUT2D eigenvalue weighted by Crippen LogP contribution is -2.35. The van der Waals surface area contributed by atoms with Crippen molar-refractivity contribution in [1.82, 2.24) is 14.6 Å². The van der Waals surface area contributed by atoms with Crippen LogP contribution in [-0.4, -0.2) is 26.1 Å². The molecule has 4 rings (SSSR count). The second-order valence-electron chi connectivity index (χ2n) is 8.17. The van der Waals surface area contributed by atoms with E-state index in [1.807, 2.05) is 0 Å². The maximum Gasteiger partial charge on any atom is 0.166 e. The van der Waals surface area contributed by atoms with Crippen LogP contribution in [0.4, 0.5) is 0 Å². The molecule has 0 amide bonds. The summed E-state index contributed by atoms with van der Waals surface area (Å²) in [6.07, 6.45) is 13.5. The smallest absolute Gasteiger partial charge is 0.166 e. The minimum atomic E-state index is 0.123. The van der Waals surface area contributed by atoms with Crippen LogP contribution in [-0.2, 0) is 11.3 Å². The zero-order chi connectivity index (χ0) is 17.9. The van der Waals surface area contributed by atoms with Gasteiger partial charge in [-0.05, 0) is 37.7 Å². The van der Waals surface area contributed by atoms with Crippen molar-refractivity contribution in [3.63, 3.8) is 0 Å². The first-order valence-electron chi connectivity index (χ1n) is 10.3. The van der Waals surface area contributed by atoms with Crippen LogP contribution < -0.4 is 0 Å². The molecule has 0 aromatic carbocycles. The fourth-order valence-corrected chi connectivity index (χ4v) is 5.17. The van der Waals surface area contributed by atoms with Crippen molar-refractivity contribution in [2.24, 2.45) is 5.92 Å². The average molecular weight is 376 g/mol. The van der Waals surface area contributed by atoms with Crippen molar-refractivity contribution in [3.05, 3.63) is 29.7 Å². The van der Waals surface area contributed by atoms with Crippen molar-refractivity contribution in [1.29, 1.82) is 0 Å². The van der Waals surface area contributed by atoms with Crippen molar-refractivity contribution >= 4 is 17.2 Å². The lowest BCUT2D eigenvalue weighted by molar-refractivity contribution is -0.0121. The largest absolute Gasteiger partial charge is 0.372 e. The van der Waals surface area contributed by atoms with E-state index in [2.05, 4.69) is 39.9 Å². The summed E-state index contributed by atoms with van der Waals surface area (Å²) in [6.45, 7) is 2.81. The molecule has 0 bridgehead atoms. The van der Waals surface area contributed by atoms with Gasteiger partial charge in [0, 0.05) is 17.7 Å². The number of hydrogen-bond donors (Lipinski definition) is 0. The lowest BCUT2D eigenvalue weighted by Gasteiger charge is -2.32. The molecule has 2 aromatic rings. The summed E-state index contributed by atoms with van der Waals surface area (Å²) < 4.78 is 8.45. The highest BCUT2D eigenvalue weighted by molar-refractivity contribution is 6.21. The minimum Gasteiger partial charge on any atom is -0.372 e. The standard InChI is InChI=1S/C21H30ClN3O/c1-15-8-6-12-18(22)19(15)26-14-17-11-7-13-25-20(23-24-21(17)25)16-9-4-2-3-5-10-16/h7,11,13,15-16,18-19H,2-6,8-10,12,14H2,1H3. The van der Waals surface area contributed by atoms with E-state index in [1.165, 1.54) is 51.4 Å². The first-order valence-corrected chi connectivity index (χ1v) is 10.8. The zero-order valence-electron chi connectivity index (χ0n) is 15.7. The summed E-state index contributed by atoms with van der Waals surface area (Å²) in [4.78, 5) is 0. The van der Waals surface area contributed by atoms with E-state index < -0.39 is 0 Å². The van der Waals surface area contributed by atoms with Crippen molar-refractivity contribution < 1.29 is 4.74 Å². The van der Waals surface area contributed by atoms with Crippen LogP contribution in [0.1, 0.15) is 82.0 Å². The van der Waals surface area contributed by atoms with E-state index in [0.717, 1.165) is 23.5 Å². The second kappa shape index (κ2) is 8.26. The predicted octanol–water partition coefficient (Wildman–Crippen LogP) is 5.48. The van der Waals surface area contributed by atoms with Crippen LogP contribution in [0.3, 0.4) is 0 Å². The molecule has 0 radical (unpaired) electrons. The Kier molecular flexibility index (Phi) is 5.80. The third kappa shape index (κ3) is 3.77. The number of ether oxygens (including phenoxy) is 1. The molecule has 0 N–H and O–H groups in total. The van der Waals surface area contributed by atoms with Crippen LogP contribution in [0, 0.1) is 5.92 Å². The third-order valence-electron chi connectivity index (χ3n) is 6.25. The van der Waals surface area contributed by atoms with E-state index in [9.17, 15) is 0 Å². The average Bonchev–Trinajstić information content (AvgIpc) is 2.89. The Morgan fingerprint density at radius 1 is 1.08 bits per heavy atom. The van der Waals surface area contributed by atoms with Gasteiger partial charge in [-0.1, -0.05) is 45.1 Å². The highest BCUT2D eigenvalue weighted by atomic mass is 35.5. The molecule has 4 nitrogen and oxygen atoms in total. The Morgan fingerprint density at radius 2 is 1.88 bits per heavy atom. The maximum atomic E-state index is 6.52. The van der Waals surface area contributed by atoms with Crippen LogP contribution in [0.15, 0.2) is 18.3 Å². The van der Waals surface area contributed by atoms with E-state index >= 15 is 0 Å². The number of aromatic nitrogens is 3. The topological polar surface area (TPSA) is 39.4 Å². The SMILES string of the molecule is CC1CCCC(Cl)C1OCc1cccn2c(C3CCCCCC3)nnc12. The zero-order valence-corrected chi connectivity index (χ0v) is 16.5. The molecule has 0 aliphatic heterocycles. The van der Waals surface area contributed by atoms with E-state index in [-0.39, 0.29) is 11.5 Å². The number of fused-ring (bicyclic) bond motifs is 1. The minimum absolute atomic E-state index is 0.123. The van der Waals surface area contributed by atoms with E-state index in [0.29, 0.717) is 18.4 Å². The number of alkyl halides is 1. The molecule has 5 heteroatoms. The van der Waals surface area contributed by atoms with Gasteiger partial charge in [0.25, 0.3) is 0 Å². The molecule has 0 spiro atoms. The van der Waals surface area contributed by atoms with E-state index in [4.69, 9.17) is 16.3 Å². The highest BCUT2D eigenvalue weighted by Gasteiger charge is 2.30. The molecule has 3 unspecified atom stereocenters. The second-order valence-corrected chi connectivity index (χ2v) is 8.73. The Morgan fingerprint density at radius 3 is 2.65 bits per heavy atom. The van der Waals surface area contributed by atoms with Crippen molar-refractivity contribution in [3.8, 4) is 0 Å². The molecule has 26 heavy (non-hydrogen) atoms. The molecule has 2 aliphatic carbocycles. The van der Waals surface area contributed by atoms with Crippen LogP contribution in [0.5, 0.6) is 0 Å². The molecule has 2 aromatic heterocycles. The molecule has 2 fully saturated rings. The van der Waals surface area contributed by atoms with Gasteiger partial charge in [-0.2, -0.15) is 0 Å². The Bertz CT molecular complexity index is 713. The number of halogens is 1. The number of pyridine rings is 1. The molecular weight excluding hydrogens is 346 g/mol. The summed E-state index contributed by atoms with van der Waals surface area (Å²) in [5.74, 6) is 2.18. The quantitative estimate of drug-likeness (QED) is 0.524. The summed E-state index contributed by atoms with van der Waals surface area (Å²) in [5.41, 5.74) is 2.06. The maximum absolute atomic E-state index is 6.52. The molecule has 2 heterocycles. The molecule has 142 valence electrons. The summed E-state index contributed by atoms with van der Waals surface area (Å²) in [7, 11) is 0. The Hall–Kier alpha value is -1.13. The van der Waals surface area contributed by atoms with Gasteiger partial charge >= 0.3 is 0 Å². The van der Waals surface area contributed by atoms with Gasteiger partial charge in [0.2, 0.25) is 0 Å². The first kappa shape index (κ1) is 18.2. The first-order chi connectivity index (χ1) is 12.7. The van der Waals surface area contributed by atoms with Crippen molar-refractivity contribution in [2.45, 2.75) is 88.7 Å². The predicted molar refractivity (Wildman–Crippen MR) is 105 cm³/mol. The highest BCUT2D eigenvalue weighted by Crippen LogP contribution is 2.33. The normalized spacial score (nSPS) is 28.3. The monoisotopic (exact) mass is 375 g/mol. The summed E-state index contributed by atoms with van der Waals surface area (Å²) >= 11 is 6.52. The molecule has 2 saturated carbocycles. The third-order valence-corrected chi connectivity index (χ3v) is 6.72. The van der Waals surface area contributed by atoms with Gasteiger partial charge in [-0.25, -0.2) is 0 Å². The number of rotatable bonds is 4. The van der Waals surface area contributed by atoms with Crippen LogP contribution in [0.25, 0.3) is 5.65 Å². The fourth-order valence-electron chi connectivity index (χ4n) is 4.69. The fraction of sp³-hybridized carbons (Fsp3) is 0.714. The van der Waals surface area contributed by atoms with Crippen molar-refractivity contribution in [2.75, 3.05) is 0 Å². The molecule has 3 atom stereocenters. The Balaban J connectivity index is 1.53. The summed E-state index contributed by atoms with van der Waals surface area (Å²) in [6, 6.07) is 4.20. The summed E-state index contributed by atoms with van der Waals surface area (Å²) in [5, 5.41) is 9.23. The van der Waals surface area contributed by atoms with Gasteiger partial charge in [-0.3, -0.25) is 4.40 Å². The number of nitrogens with zero attached hydrogens (tertiary/aromatic N) is 3. The Labute approximate surface area is 161 Å².